The smallest absolute Gasteiger partial charge is 0.126 e. The topological polar surface area (TPSA) is 55.9 Å². The van der Waals surface area contributed by atoms with Gasteiger partial charge in [-0.2, -0.15) is 5.10 Å². The molecule has 2 rings (SSSR count). The molecule has 0 spiro atoms. The lowest BCUT2D eigenvalue weighted by Gasteiger charge is -2.15. The van der Waals surface area contributed by atoms with E-state index in [1.165, 1.54) is 6.07 Å². The Bertz CT molecular complexity index is 567. The summed E-state index contributed by atoms with van der Waals surface area (Å²) in [6, 6.07) is 9.13. The Labute approximate surface area is 125 Å². The molecule has 0 saturated heterocycles. The van der Waals surface area contributed by atoms with Crippen molar-refractivity contribution in [2.24, 2.45) is 5.84 Å². The molecule has 1 aromatic carbocycles. The van der Waals surface area contributed by atoms with E-state index in [9.17, 15) is 4.39 Å². The van der Waals surface area contributed by atoms with E-state index < -0.39 is 0 Å². The monoisotopic (exact) mass is 290 g/mol. The third-order valence-corrected chi connectivity index (χ3v) is 3.82. The predicted molar refractivity (Wildman–Crippen MR) is 82.1 cm³/mol. The second-order valence-corrected chi connectivity index (χ2v) is 5.41. The minimum atomic E-state index is -0.192. The van der Waals surface area contributed by atoms with E-state index in [1.54, 1.807) is 12.1 Å². The van der Waals surface area contributed by atoms with Crippen molar-refractivity contribution in [2.75, 3.05) is 0 Å². The number of rotatable bonds is 7. The number of nitrogens with zero attached hydrogens (tertiary/aromatic N) is 2. The zero-order valence-electron chi connectivity index (χ0n) is 12.6. The number of aromatic nitrogens is 2. The average Bonchev–Trinajstić information content (AvgIpc) is 2.96. The van der Waals surface area contributed by atoms with Crippen molar-refractivity contribution < 1.29 is 4.39 Å². The van der Waals surface area contributed by atoms with Crippen LogP contribution in [0, 0.1) is 5.82 Å². The quantitative estimate of drug-likeness (QED) is 0.609. The molecule has 21 heavy (non-hydrogen) atoms. The zero-order valence-corrected chi connectivity index (χ0v) is 12.6. The lowest BCUT2D eigenvalue weighted by molar-refractivity contribution is 0.462. The molecule has 0 bridgehead atoms. The molecule has 0 radical (unpaired) electrons. The van der Waals surface area contributed by atoms with Gasteiger partial charge in [0.25, 0.3) is 0 Å². The molecule has 0 aliphatic carbocycles. The van der Waals surface area contributed by atoms with Gasteiger partial charge in [-0.05, 0) is 37.5 Å². The first-order chi connectivity index (χ1) is 10.1. The van der Waals surface area contributed by atoms with Gasteiger partial charge in [-0.1, -0.05) is 25.1 Å². The van der Waals surface area contributed by atoms with Crippen molar-refractivity contribution in [3.05, 3.63) is 53.6 Å². The van der Waals surface area contributed by atoms with Gasteiger partial charge in [0.05, 0.1) is 5.69 Å². The van der Waals surface area contributed by atoms with E-state index in [2.05, 4.69) is 24.4 Å². The Hall–Kier alpha value is -1.72. The summed E-state index contributed by atoms with van der Waals surface area (Å²) in [7, 11) is 0. The van der Waals surface area contributed by atoms with Crippen LogP contribution in [0.5, 0.6) is 0 Å². The summed E-state index contributed by atoms with van der Waals surface area (Å²) in [5, 5.41) is 4.56. The number of hydrogen-bond donors (Lipinski definition) is 2. The molecule has 3 N–H and O–H groups in total. The second-order valence-electron chi connectivity index (χ2n) is 5.41. The molecule has 0 aliphatic rings. The third-order valence-electron chi connectivity index (χ3n) is 3.82. The fraction of sp³-hybridized carbons (Fsp3) is 0.438. The standard InChI is InChI=1S/C16H23FN4/c1-3-12(2)21-9-8-14(20-21)11-15(19-18)10-13-6-4-5-7-16(13)17/h4-9,12,15,19H,3,10-11,18H2,1-2H3. The minimum absolute atomic E-state index is 0.0396. The van der Waals surface area contributed by atoms with Gasteiger partial charge in [-0.25, -0.2) is 4.39 Å². The largest absolute Gasteiger partial charge is 0.271 e. The molecular formula is C16H23FN4. The lowest BCUT2D eigenvalue weighted by atomic mass is 10.0. The number of halogens is 1. The number of hydrazine groups is 1. The van der Waals surface area contributed by atoms with Crippen LogP contribution in [0.25, 0.3) is 0 Å². The first-order valence-corrected chi connectivity index (χ1v) is 7.37. The van der Waals surface area contributed by atoms with Crippen molar-refractivity contribution >= 4 is 0 Å². The minimum Gasteiger partial charge on any atom is -0.271 e. The highest BCUT2D eigenvalue weighted by molar-refractivity contribution is 5.19. The average molecular weight is 290 g/mol. The molecule has 114 valence electrons. The Morgan fingerprint density at radius 1 is 1.29 bits per heavy atom. The Kier molecular flexibility index (Phi) is 5.47. The maximum atomic E-state index is 13.7. The number of nitrogens with two attached hydrogens (primary N) is 1. The normalized spacial score (nSPS) is 14.1. The predicted octanol–water partition coefficient (Wildman–Crippen LogP) is 2.61. The first kappa shape index (κ1) is 15.7. The molecule has 1 aromatic heterocycles. The Balaban J connectivity index is 2.02. The fourth-order valence-corrected chi connectivity index (χ4v) is 2.29. The number of benzene rings is 1. The summed E-state index contributed by atoms with van der Waals surface area (Å²) >= 11 is 0. The molecular weight excluding hydrogens is 267 g/mol. The number of hydrogen-bond acceptors (Lipinski definition) is 3. The van der Waals surface area contributed by atoms with Crippen molar-refractivity contribution in [1.82, 2.24) is 15.2 Å². The highest BCUT2D eigenvalue weighted by Crippen LogP contribution is 2.13. The summed E-state index contributed by atoms with van der Waals surface area (Å²) in [4.78, 5) is 0. The van der Waals surface area contributed by atoms with Crippen molar-refractivity contribution in [3.8, 4) is 0 Å². The molecule has 4 nitrogen and oxygen atoms in total. The van der Waals surface area contributed by atoms with Gasteiger partial charge in [0.1, 0.15) is 5.82 Å². The molecule has 0 saturated carbocycles. The molecule has 1 heterocycles. The van der Waals surface area contributed by atoms with Crippen LogP contribution in [0.2, 0.25) is 0 Å². The van der Waals surface area contributed by atoms with Gasteiger partial charge in [0, 0.05) is 24.7 Å². The van der Waals surface area contributed by atoms with Gasteiger partial charge in [-0.3, -0.25) is 16.0 Å². The van der Waals surface area contributed by atoms with E-state index in [4.69, 9.17) is 5.84 Å². The van der Waals surface area contributed by atoms with Crippen LogP contribution in [0.4, 0.5) is 4.39 Å². The second kappa shape index (κ2) is 7.33. The van der Waals surface area contributed by atoms with Crippen LogP contribution in [0.1, 0.15) is 37.6 Å². The lowest BCUT2D eigenvalue weighted by Crippen LogP contribution is -2.38. The Morgan fingerprint density at radius 2 is 2.05 bits per heavy atom. The molecule has 0 fully saturated rings. The van der Waals surface area contributed by atoms with Gasteiger partial charge < -0.3 is 0 Å². The molecule has 0 aliphatic heterocycles. The molecule has 2 unspecified atom stereocenters. The van der Waals surface area contributed by atoms with Gasteiger partial charge in [0.2, 0.25) is 0 Å². The summed E-state index contributed by atoms with van der Waals surface area (Å²) in [5.74, 6) is 5.41. The number of nitrogens with one attached hydrogen (secondary N) is 1. The van der Waals surface area contributed by atoms with Gasteiger partial charge in [-0.15, -0.1) is 0 Å². The van der Waals surface area contributed by atoms with Crippen molar-refractivity contribution in [1.29, 1.82) is 0 Å². The van der Waals surface area contributed by atoms with Gasteiger partial charge >= 0.3 is 0 Å². The highest BCUT2D eigenvalue weighted by Gasteiger charge is 2.14. The SMILES string of the molecule is CCC(C)n1ccc(CC(Cc2ccccc2F)NN)n1. The van der Waals surface area contributed by atoms with Gasteiger partial charge in [0.15, 0.2) is 0 Å². The summed E-state index contributed by atoms with van der Waals surface area (Å²) in [5.41, 5.74) is 4.40. The molecule has 2 aromatic rings. The van der Waals surface area contributed by atoms with Crippen LogP contribution in [-0.4, -0.2) is 15.8 Å². The van der Waals surface area contributed by atoms with E-state index in [-0.39, 0.29) is 11.9 Å². The maximum absolute atomic E-state index is 13.7. The van der Waals surface area contributed by atoms with E-state index in [0.29, 0.717) is 24.4 Å². The van der Waals surface area contributed by atoms with Crippen LogP contribution in [-0.2, 0) is 12.8 Å². The summed E-state index contributed by atoms with van der Waals surface area (Å²) < 4.78 is 15.7. The van der Waals surface area contributed by atoms with Crippen molar-refractivity contribution in [3.63, 3.8) is 0 Å². The summed E-state index contributed by atoms with van der Waals surface area (Å²) in [6.45, 7) is 4.27. The Morgan fingerprint density at radius 3 is 2.71 bits per heavy atom. The molecule has 0 amide bonds. The zero-order chi connectivity index (χ0) is 15.2. The van der Waals surface area contributed by atoms with E-state index in [0.717, 1.165) is 12.1 Å². The van der Waals surface area contributed by atoms with E-state index in [1.807, 2.05) is 23.0 Å². The maximum Gasteiger partial charge on any atom is 0.126 e. The van der Waals surface area contributed by atoms with Crippen LogP contribution in [0.3, 0.4) is 0 Å². The third kappa shape index (κ3) is 4.12. The first-order valence-electron chi connectivity index (χ1n) is 7.37. The highest BCUT2D eigenvalue weighted by atomic mass is 19.1. The van der Waals surface area contributed by atoms with E-state index >= 15 is 0 Å². The molecule has 2 atom stereocenters. The van der Waals surface area contributed by atoms with Crippen LogP contribution < -0.4 is 11.3 Å². The molecule has 5 heteroatoms. The van der Waals surface area contributed by atoms with Crippen molar-refractivity contribution in [2.45, 2.75) is 45.2 Å². The fourth-order valence-electron chi connectivity index (χ4n) is 2.29. The van der Waals surface area contributed by atoms with Crippen LogP contribution in [0.15, 0.2) is 36.5 Å². The van der Waals surface area contributed by atoms with Crippen LogP contribution >= 0.6 is 0 Å². The summed E-state index contributed by atoms with van der Waals surface area (Å²) in [6.07, 6.45) is 4.24.